The van der Waals surface area contributed by atoms with Crippen LogP contribution < -0.4 is 5.32 Å². The number of hydrogen-bond donors (Lipinski definition) is 2. The Kier molecular flexibility index (Phi) is 6.76. The molecule has 0 radical (unpaired) electrons. The molecule has 2 saturated heterocycles. The van der Waals surface area contributed by atoms with E-state index in [-0.39, 0.29) is 36.6 Å². The maximum atomic E-state index is 13.3. The van der Waals surface area contributed by atoms with Crippen LogP contribution >= 0.6 is 0 Å². The molecule has 3 rings (SSSR count). The molecule has 2 N–H and O–H groups in total. The van der Waals surface area contributed by atoms with E-state index in [2.05, 4.69) is 5.32 Å². The third-order valence-corrected chi connectivity index (χ3v) is 4.96. The number of carbonyl (C=O) groups excluding carboxylic acids is 2. The number of morpholine rings is 1. The average molecular weight is 380 g/mol. The number of nitrogens with one attached hydrogen (secondary N) is 1. The Labute approximate surface area is 157 Å². The van der Waals surface area contributed by atoms with E-state index in [9.17, 15) is 19.1 Å². The molecular weight excluding hydrogens is 355 g/mol. The second kappa shape index (κ2) is 9.25. The number of carbonyl (C=O) groups is 2. The topological polar surface area (TPSA) is 88.1 Å². The van der Waals surface area contributed by atoms with Gasteiger partial charge in [-0.1, -0.05) is 6.07 Å². The Balaban J connectivity index is 1.53. The van der Waals surface area contributed by atoms with Gasteiger partial charge in [0, 0.05) is 18.7 Å². The van der Waals surface area contributed by atoms with Crippen LogP contribution in [0.15, 0.2) is 24.3 Å². The van der Waals surface area contributed by atoms with E-state index >= 15 is 0 Å². The number of ether oxygens (including phenoxy) is 2. The molecule has 0 aliphatic carbocycles. The Bertz CT molecular complexity index is 665. The minimum absolute atomic E-state index is 0.0160. The van der Waals surface area contributed by atoms with Crippen LogP contribution in [0.1, 0.15) is 29.6 Å². The Morgan fingerprint density at radius 3 is 2.74 bits per heavy atom. The molecule has 0 spiro atoms. The van der Waals surface area contributed by atoms with Gasteiger partial charge in [0.25, 0.3) is 5.91 Å². The summed E-state index contributed by atoms with van der Waals surface area (Å²) >= 11 is 0. The molecule has 8 heteroatoms. The first-order valence-electron chi connectivity index (χ1n) is 9.25. The first kappa shape index (κ1) is 19.7. The molecule has 27 heavy (non-hydrogen) atoms. The van der Waals surface area contributed by atoms with Gasteiger partial charge in [0.15, 0.2) is 0 Å². The minimum atomic E-state index is -0.598. The highest BCUT2D eigenvalue weighted by Crippen LogP contribution is 2.23. The van der Waals surface area contributed by atoms with Gasteiger partial charge < -0.3 is 24.8 Å². The van der Waals surface area contributed by atoms with Crippen molar-refractivity contribution in [1.29, 1.82) is 0 Å². The standard InChI is InChI=1S/C19H25FN2O5/c20-14-3-1-2-13(10-14)19(25)21-16-5-4-15(27-17(16)12-23)11-18(24)22-6-8-26-9-7-22/h1-3,10,15-17,23H,4-9,11-12H2,(H,21,25)/t15-,16-,17-/m0/s1. The number of aliphatic hydroxyl groups is 1. The number of halogens is 1. The summed E-state index contributed by atoms with van der Waals surface area (Å²) < 4.78 is 24.4. The van der Waals surface area contributed by atoms with Crippen LogP contribution in [-0.2, 0) is 14.3 Å². The highest BCUT2D eigenvalue weighted by molar-refractivity contribution is 5.94. The summed E-state index contributed by atoms with van der Waals surface area (Å²) in [4.78, 5) is 26.4. The van der Waals surface area contributed by atoms with Crippen LogP contribution in [0.25, 0.3) is 0 Å². The molecule has 1 aromatic rings. The zero-order chi connectivity index (χ0) is 19.2. The van der Waals surface area contributed by atoms with Crippen LogP contribution in [0.4, 0.5) is 4.39 Å². The van der Waals surface area contributed by atoms with E-state index in [4.69, 9.17) is 9.47 Å². The lowest BCUT2D eigenvalue weighted by Crippen LogP contribution is -2.52. The van der Waals surface area contributed by atoms with Crippen LogP contribution in [0.5, 0.6) is 0 Å². The van der Waals surface area contributed by atoms with E-state index in [1.165, 1.54) is 18.2 Å². The lowest BCUT2D eigenvalue weighted by molar-refractivity contribution is -0.143. The summed E-state index contributed by atoms with van der Waals surface area (Å²) in [6.07, 6.45) is 0.535. The summed E-state index contributed by atoms with van der Waals surface area (Å²) in [5, 5.41) is 12.4. The molecule has 2 amide bonds. The molecule has 2 aliphatic heterocycles. The molecule has 3 atom stereocenters. The summed E-state index contributed by atoms with van der Waals surface area (Å²) in [6.45, 7) is 1.99. The molecule has 0 aromatic heterocycles. The molecule has 148 valence electrons. The van der Waals surface area contributed by atoms with Gasteiger partial charge in [-0.3, -0.25) is 9.59 Å². The monoisotopic (exact) mass is 380 g/mol. The van der Waals surface area contributed by atoms with Crippen molar-refractivity contribution < 1.29 is 28.6 Å². The van der Waals surface area contributed by atoms with Crippen molar-refractivity contribution in [1.82, 2.24) is 10.2 Å². The molecule has 0 bridgehead atoms. The second-order valence-electron chi connectivity index (χ2n) is 6.84. The molecule has 0 saturated carbocycles. The van der Waals surface area contributed by atoms with E-state index in [1.807, 2.05) is 0 Å². The van der Waals surface area contributed by atoms with Crippen LogP contribution in [0.2, 0.25) is 0 Å². The van der Waals surface area contributed by atoms with E-state index < -0.39 is 17.8 Å². The van der Waals surface area contributed by atoms with E-state index in [0.717, 1.165) is 6.07 Å². The normalized spacial score (nSPS) is 25.9. The fourth-order valence-corrected chi connectivity index (χ4v) is 3.47. The Morgan fingerprint density at radius 2 is 2.04 bits per heavy atom. The fourth-order valence-electron chi connectivity index (χ4n) is 3.47. The first-order chi connectivity index (χ1) is 13.1. The number of hydrogen-bond acceptors (Lipinski definition) is 5. The van der Waals surface area contributed by atoms with Crippen molar-refractivity contribution in [2.24, 2.45) is 0 Å². The fraction of sp³-hybridized carbons (Fsp3) is 0.579. The molecule has 0 unspecified atom stereocenters. The van der Waals surface area contributed by atoms with Gasteiger partial charge in [-0.15, -0.1) is 0 Å². The van der Waals surface area contributed by atoms with E-state index in [1.54, 1.807) is 4.90 Å². The van der Waals surface area contributed by atoms with Gasteiger partial charge >= 0.3 is 0 Å². The largest absolute Gasteiger partial charge is 0.394 e. The highest BCUT2D eigenvalue weighted by Gasteiger charge is 2.34. The SMILES string of the molecule is O=C(N[C@H]1CC[C@@H](CC(=O)N2CCOCC2)O[C@H]1CO)c1cccc(F)c1. The zero-order valence-electron chi connectivity index (χ0n) is 15.1. The van der Waals surface area contributed by atoms with Gasteiger partial charge in [-0.25, -0.2) is 4.39 Å². The number of amides is 2. The molecule has 2 aliphatic rings. The quantitative estimate of drug-likeness (QED) is 0.786. The third kappa shape index (κ3) is 5.24. The van der Waals surface area contributed by atoms with Crippen LogP contribution in [0.3, 0.4) is 0 Å². The van der Waals surface area contributed by atoms with Gasteiger partial charge in [0.05, 0.1) is 38.4 Å². The van der Waals surface area contributed by atoms with Crippen LogP contribution in [-0.4, -0.2) is 73.0 Å². The zero-order valence-corrected chi connectivity index (χ0v) is 15.1. The molecule has 1 aromatic carbocycles. The number of nitrogens with zero attached hydrogens (tertiary/aromatic N) is 1. The maximum Gasteiger partial charge on any atom is 0.251 e. The summed E-state index contributed by atoms with van der Waals surface area (Å²) in [7, 11) is 0. The molecule has 2 heterocycles. The van der Waals surface area contributed by atoms with Crippen molar-refractivity contribution >= 4 is 11.8 Å². The second-order valence-corrected chi connectivity index (χ2v) is 6.84. The van der Waals surface area contributed by atoms with Crippen molar-refractivity contribution in [3.8, 4) is 0 Å². The lowest BCUT2D eigenvalue weighted by Gasteiger charge is -2.37. The maximum absolute atomic E-state index is 13.3. The smallest absolute Gasteiger partial charge is 0.251 e. The van der Waals surface area contributed by atoms with Crippen LogP contribution in [0, 0.1) is 5.82 Å². The predicted molar refractivity (Wildman–Crippen MR) is 94.7 cm³/mol. The number of benzene rings is 1. The van der Waals surface area contributed by atoms with Crippen molar-refractivity contribution in [3.63, 3.8) is 0 Å². The highest BCUT2D eigenvalue weighted by atomic mass is 19.1. The minimum Gasteiger partial charge on any atom is -0.394 e. The molecule has 7 nitrogen and oxygen atoms in total. The van der Waals surface area contributed by atoms with Crippen molar-refractivity contribution in [2.45, 2.75) is 37.5 Å². The summed E-state index contributed by atoms with van der Waals surface area (Å²) in [5.74, 6) is -0.880. The predicted octanol–water partition coefficient (Wildman–Crippen LogP) is 0.713. The lowest BCUT2D eigenvalue weighted by atomic mass is 9.96. The third-order valence-electron chi connectivity index (χ3n) is 4.96. The summed E-state index contributed by atoms with van der Waals surface area (Å²) in [6, 6.07) is 5.04. The van der Waals surface area contributed by atoms with Gasteiger partial charge in [0.2, 0.25) is 5.91 Å². The first-order valence-corrected chi connectivity index (χ1v) is 9.25. The molecular formula is C19H25FN2O5. The Morgan fingerprint density at radius 1 is 1.26 bits per heavy atom. The summed E-state index contributed by atoms with van der Waals surface area (Å²) in [5.41, 5.74) is 0.219. The Hall–Kier alpha value is -2.03. The van der Waals surface area contributed by atoms with Gasteiger partial charge in [0.1, 0.15) is 11.9 Å². The van der Waals surface area contributed by atoms with Crippen molar-refractivity contribution in [2.75, 3.05) is 32.9 Å². The van der Waals surface area contributed by atoms with Crippen molar-refractivity contribution in [3.05, 3.63) is 35.6 Å². The van der Waals surface area contributed by atoms with Gasteiger partial charge in [-0.2, -0.15) is 0 Å². The number of aliphatic hydroxyl groups excluding tert-OH is 1. The van der Waals surface area contributed by atoms with E-state index in [0.29, 0.717) is 39.1 Å². The van der Waals surface area contributed by atoms with Gasteiger partial charge in [-0.05, 0) is 31.0 Å². The molecule has 2 fully saturated rings. The number of rotatable bonds is 5. The average Bonchev–Trinajstić information content (AvgIpc) is 2.69.